The summed E-state index contributed by atoms with van der Waals surface area (Å²) in [7, 11) is 0. The number of H-pyrrole nitrogens is 1. The quantitative estimate of drug-likeness (QED) is 0.551. The Morgan fingerprint density at radius 2 is 1.71 bits per heavy atom. The maximum absolute atomic E-state index is 12.9. The van der Waals surface area contributed by atoms with Crippen molar-refractivity contribution in [3.05, 3.63) is 60.0 Å². The number of rotatable bonds is 8. The second-order valence-corrected chi connectivity index (χ2v) is 7.91. The molecule has 0 aliphatic carbocycles. The molecule has 3 aromatic rings. The second kappa shape index (κ2) is 10.8. The molecular weight excluding hydrogens is 434 g/mol. The third-order valence-electron chi connectivity index (χ3n) is 5.65. The number of hydrogen-bond donors (Lipinski definition) is 1. The number of aromatic nitrogens is 3. The van der Waals surface area contributed by atoms with Crippen LogP contribution in [0.4, 0.5) is 0 Å². The Kier molecular flexibility index (Phi) is 7.41. The molecule has 34 heavy (non-hydrogen) atoms. The Bertz CT molecular complexity index is 1120. The highest BCUT2D eigenvalue weighted by Crippen LogP contribution is 2.29. The topological polar surface area (TPSA) is 101 Å². The molecule has 1 saturated heterocycles. The van der Waals surface area contributed by atoms with E-state index in [-0.39, 0.29) is 18.2 Å². The molecule has 9 nitrogen and oxygen atoms in total. The molecule has 1 fully saturated rings. The van der Waals surface area contributed by atoms with Crippen LogP contribution in [0.2, 0.25) is 0 Å². The van der Waals surface area contributed by atoms with Crippen LogP contribution in [-0.4, -0.2) is 76.2 Å². The Morgan fingerprint density at radius 3 is 2.41 bits per heavy atom. The third-order valence-corrected chi connectivity index (χ3v) is 5.65. The standard InChI is InChI=1S/C25H29N5O4/c1-3-33-22-8-7-18(14-23(22)34-4-2)15-24(31)29-10-12-30(13-11-29)25(32)21-16-20(27-28-21)19-6-5-9-26-17-19/h5-9,14,16-17H,3-4,10-13,15H2,1-2H3,(H,27,28). The van der Waals surface area contributed by atoms with E-state index < -0.39 is 0 Å². The predicted octanol–water partition coefficient (Wildman–Crippen LogP) is 2.80. The zero-order chi connectivity index (χ0) is 23.9. The fraction of sp³-hybridized carbons (Fsp3) is 0.360. The highest BCUT2D eigenvalue weighted by molar-refractivity contribution is 5.93. The minimum Gasteiger partial charge on any atom is -0.490 e. The lowest BCUT2D eigenvalue weighted by Crippen LogP contribution is -2.51. The maximum atomic E-state index is 12.9. The van der Waals surface area contributed by atoms with Crippen LogP contribution in [0.25, 0.3) is 11.3 Å². The summed E-state index contributed by atoms with van der Waals surface area (Å²) >= 11 is 0. The number of benzene rings is 1. The first-order valence-corrected chi connectivity index (χ1v) is 11.5. The van der Waals surface area contributed by atoms with Gasteiger partial charge in [-0.2, -0.15) is 5.10 Å². The number of nitrogens with zero attached hydrogens (tertiary/aromatic N) is 4. The molecule has 1 aliphatic rings. The van der Waals surface area contributed by atoms with Crippen molar-refractivity contribution < 1.29 is 19.1 Å². The van der Waals surface area contributed by atoms with E-state index in [0.29, 0.717) is 62.3 Å². The number of aromatic amines is 1. The third kappa shape index (κ3) is 5.36. The van der Waals surface area contributed by atoms with Crippen molar-refractivity contribution in [1.82, 2.24) is 25.0 Å². The number of hydrogen-bond acceptors (Lipinski definition) is 6. The van der Waals surface area contributed by atoms with Gasteiger partial charge in [0.25, 0.3) is 5.91 Å². The van der Waals surface area contributed by atoms with Crippen LogP contribution < -0.4 is 9.47 Å². The Labute approximate surface area is 198 Å². The molecule has 0 radical (unpaired) electrons. The molecule has 3 heterocycles. The number of pyridine rings is 1. The summed E-state index contributed by atoms with van der Waals surface area (Å²) in [6.45, 7) is 6.82. The smallest absolute Gasteiger partial charge is 0.272 e. The van der Waals surface area contributed by atoms with Crippen molar-refractivity contribution in [2.24, 2.45) is 0 Å². The lowest BCUT2D eigenvalue weighted by Gasteiger charge is -2.34. The van der Waals surface area contributed by atoms with Crippen molar-refractivity contribution in [3.8, 4) is 22.8 Å². The van der Waals surface area contributed by atoms with Crippen molar-refractivity contribution in [2.45, 2.75) is 20.3 Å². The molecule has 0 spiro atoms. The van der Waals surface area contributed by atoms with Gasteiger partial charge in [0.2, 0.25) is 5.91 Å². The Balaban J connectivity index is 1.33. The zero-order valence-corrected chi connectivity index (χ0v) is 19.5. The van der Waals surface area contributed by atoms with E-state index in [2.05, 4.69) is 15.2 Å². The Hall–Kier alpha value is -3.88. The van der Waals surface area contributed by atoms with Gasteiger partial charge in [-0.15, -0.1) is 0 Å². The highest BCUT2D eigenvalue weighted by atomic mass is 16.5. The van der Waals surface area contributed by atoms with Gasteiger partial charge in [0.15, 0.2) is 11.5 Å². The maximum Gasteiger partial charge on any atom is 0.272 e. The summed E-state index contributed by atoms with van der Waals surface area (Å²) in [5, 5.41) is 7.06. The van der Waals surface area contributed by atoms with Crippen LogP contribution in [0.1, 0.15) is 29.9 Å². The van der Waals surface area contributed by atoms with Crippen molar-refractivity contribution in [1.29, 1.82) is 0 Å². The average molecular weight is 464 g/mol. The molecule has 2 aromatic heterocycles. The molecule has 0 saturated carbocycles. The summed E-state index contributed by atoms with van der Waals surface area (Å²) < 4.78 is 11.3. The first-order valence-electron chi connectivity index (χ1n) is 11.5. The number of carbonyl (C=O) groups excluding carboxylic acids is 2. The van der Waals surface area contributed by atoms with Crippen molar-refractivity contribution in [3.63, 3.8) is 0 Å². The molecule has 0 atom stereocenters. The van der Waals surface area contributed by atoms with Gasteiger partial charge in [-0.1, -0.05) is 6.07 Å². The normalized spacial score (nSPS) is 13.6. The van der Waals surface area contributed by atoms with E-state index in [0.717, 1.165) is 11.1 Å². The molecule has 1 aromatic carbocycles. The molecule has 4 rings (SSSR count). The number of carbonyl (C=O) groups is 2. The van der Waals surface area contributed by atoms with Gasteiger partial charge < -0.3 is 19.3 Å². The number of ether oxygens (including phenoxy) is 2. The van der Waals surface area contributed by atoms with Gasteiger partial charge in [-0.25, -0.2) is 0 Å². The summed E-state index contributed by atoms with van der Waals surface area (Å²) in [5.41, 5.74) is 2.81. The lowest BCUT2D eigenvalue weighted by molar-refractivity contribution is -0.131. The van der Waals surface area contributed by atoms with E-state index >= 15 is 0 Å². The average Bonchev–Trinajstić information content (AvgIpc) is 3.36. The Morgan fingerprint density at radius 1 is 0.971 bits per heavy atom. The number of nitrogens with one attached hydrogen (secondary N) is 1. The zero-order valence-electron chi connectivity index (χ0n) is 19.5. The largest absolute Gasteiger partial charge is 0.490 e. The summed E-state index contributed by atoms with van der Waals surface area (Å²) in [5.74, 6) is 1.23. The molecule has 178 valence electrons. The first-order chi connectivity index (χ1) is 16.6. The van der Waals surface area contributed by atoms with Gasteiger partial charge >= 0.3 is 0 Å². The van der Waals surface area contributed by atoms with Crippen LogP contribution >= 0.6 is 0 Å². The fourth-order valence-corrected chi connectivity index (χ4v) is 3.91. The van der Waals surface area contributed by atoms with E-state index in [1.807, 2.05) is 44.2 Å². The van der Waals surface area contributed by atoms with E-state index in [1.54, 1.807) is 28.3 Å². The van der Waals surface area contributed by atoms with Crippen molar-refractivity contribution >= 4 is 11.8 Å². The van der Waals surface area contributed by atoms with Gasteiger partial charge in [-0.3, -0.25) is 19.7 Å². The predicted molar refractivity (Wildman–Crippen MR) is 127 cm³/mol. The molecule has 0 bridgehead atoms. The second-order valence-electron chi connectivity index (χ2n) is 7.91. The van der Waals surface area contributed by atoms with Crippen LogP contribution in [0.3, 0.4) is 0 Å². The van der Waals surface area contributed by atoms with Gasteiger partial charge in [0.05, 0.1) is 25.3 Å². The van der Waals surface area contributed by atoms with Crippen molar-refractivity contribution in [2.75, 3.05) is 39.4 Å². The first kappa shape index (κ1) is 23.3. The molecule has 1 aliphatic heterocycles. The minimum atomic E-state index is -0.123. The number of amides is 2. The number of piperazine rings is 1. The summed E-state index contributed by atoms with van der Waals surface area (Å²) in [6.07, 6.45) is 3.67. The summed E-state index contributed by atoms with van der Waals surface area (Å²) in [4.78, 5) is 33.4. The SMILES string of the molecule is CCOc1ccc(CC(=O)N2CCN(C(=O)c3cc(-c4cccnc4)n[nH]3)CC2)cc1OCC. The van der Waals surface area contributed by atoms with Gasteiger partial charge in [0, 0.05) is 44.1 Å². The molecule has 0 unspecified atom stereocenters. The fourth-order valence-electron chi connectivity index (χ4n) is 3.91. The van der Waals surface area contributed by atoms with Gasteiger partial charge in [-0.05, 0) is 49.7 Å². The molecule has 2 amide bonds. The molecular formula is C25H29N5O4. The van der Waals surface area contributed by atoms with Crippen LogP contribution in [0.15, 0.2) is 48.8 Å². The highest BCUT2D eigenvalue weighted by Gasteiger charge is 2.26. The lowest BCUT2D eigenvalue weighted by atomic mass is 10.1. The van der Waals surface area contributed by atoms with E-state index in [4.69, 9.17) is 9.47 Å². The van der Waals surface area contributed by atoms with Crippen LogP contribution in [0.5, 0.6) is 11.5 Å². The molecule has 1 N–H and O–H groups in total. The van der Waals surface area contributed by atoms with E-state index in [9.17, 15) is 9.59 Å². The summed E-state index contributed by atoms with van der Waals surface area (Å²) in [6, 6.07) is 11.1. The monoisotopic (exact) mass is 463 g/mol. The van der Waals surface area contributed by atoms with Crippen LogP contribution in [-0.2, 0) is 11.2 Å². The van der Waals surface area contributed by atoms with E-state index in [1.165, 1.54) is 0 Å². The van der Waals surface area contributed by atoms with Crippen LogP contribution in [0, 0.1) is 0 Å². The minimum absolute atomic E-state index is 0.0270. The van der Waals surface area contributed by atoms with Gasteiger partial charge in [0.1, 0.15) is 5.69 Å². The molecule has 9 heteroatoms.